The van der Waals surface area contributed by atoms with Gasteiger partial charge >= 0.3 is 11.9 Å². The van der Waals surface area contributed by atoms with Gasteiger partial charge in [-0.3, -0.25) is 0 Å². The Hall–Kier alpha value is -2.76. The lowest BCUT2D eigenvalue weighted by atomic mass is 10.0. The van der Waals surface area contributed by atoms with Gasteiger partial charge in [0.05, 0.1) is 25.3 Å². The van der Waals surface area contributed by atoms with Crippen molar-refractivity contribution >= 4 is 11.9 Å². The van der Waals surface area contributed by atoms with E-state index in [0.29, 0.717) is 11.1 Å². The van der Waals surface area contributed by atoms with E-state index in [2.05, 4.69) is 9.47 Å². The molecule has 0 aliphatic rings. The molecular formula is C16H12F2O4. The van der Waals surface area contributed by atoms with Crippen molar-refractivity contribution < 1.29 is 27.8 Å². The summed E-state index contributed by atoms with van der Waals surface area (Å²) in [6.45, 7) is 0. The van der Waals surface area contributed by atoms with Crippen LogP contribution in [0.3, 0.4) is 0 Å². The molecule has 0 radical (unpaired) electrons. The van der Waals surface area contributed by atoms with Crippen molar-refractivity contribution in [2.45, 2.75) is 0 Å². The van der Waals surface area contributed by atoms with Gasteiger partial charge in [0.25, 0.3) is 0 Å². The summed E-state index contributed by atoms with van der Waals surface area (Å²) < 4.78 is 36.2. The van der Waals surface area contributed by atoms with Crippen molar-refractivity contribution in [1.29, 1.82) is 0 Å². The predicted octanol–water partition coefficient (Wildman–Crippen LogP) is 3.21. The highest BCUT2D eigenvalue weighted by molar-refractivity contribution is 5.93. The van der Waals surface area contributed by atoms with E-state index in [-0.39, 0.29) is 11.1 Å². The third kappa shape index (κ3) is 2.95. The van der Waals surface area contributed by atoms with Crippen LogP contribution in [0.1, 0.15) is 20.7 Å². The molecule has 2 aromatic carbocycles. The average molecular weight is 306 g/mol. The fourth-order valence-electron chi connectivity index (χ4n) is 1.94. The van der Waals surface area contributed by atoms with Gasteiger partial charge in [-0.25, -0.2) is 18.4 Å². The first-order valence-electron chi connectivity index (χ1n) is 6.24. The first-order valence-corrected chi connectivity index (χ1v) is 6.24. The number of carbonyl (C=O) groups excluding carboxylic acids is 2. The lowest BCUT2D eigenvalue weighted by Crippen LogP contribution is -2.06. The Kier molecular flexibility index (Phi) is 4.50. The maximum Gasteiger partial charge on any atom is 0.340 e. The lowest BCUT2D eigenvalue weighted by molar-refractivity contribution is 0.0586. The summed E-state index contributed by atoms with van der Waals surface area (Å²) in [5.74, 6) is -3.11. The molecule has 2 aromatic rings. The van der Waals surface area contributed by atoms with Gasteiger partial charge in [0, 0.05) is 0 Å². The Morgan fingerprint density at radius 3 is 1.45 bits per heavy atom. The Morgan fingerprint density at radius 2 is 1.14 bits per heavy atom. The second-order valence-electron chi connectivity index (χ2n) is 4.37. The van der Waals surface area contributed by atoms with Gasteiger partial charge in [-0.2, -0.15) is 0 Å². The number of esters is 2. The van der Waals surface area contributed by atoms with Crippen molar-refractivity contribution in [3.05, 3.63) is 59.2 Å². The van der Waals surface area contributed by atoms with Crippen LogP contribution in [0, 0.1) is 11.6 Å². The normalized spacial score (nSPS) is 10.2. The zero-order chi connectivity index (χ0) is 16.3. The first kappa shape index (κ1) is 15.6. The molecule has 0 bridgehead atoms. The molecule has 0 N–H and O–H groups in total. The zero-order valence-corrected chi connectivity index (χ0v) is 11.9. The molecule has 0 amide bonds. The van der Waals surface area contributed by atoms with Gasteiger partial charge in [0.2, 0.25) is 0 Å². The van der Waals surface area contributed by atoms with Crippen LogP contribution in [-0.2, 0) is 9.47 Å². The number of ether oxygens (including phenoxy) is 2. The average Bonchev–Trinajstić information content (AvgIpc) is 2.54. The number of halogens is 2. The summed E-state index contributed by atoms with van der Waals surface area (Å²) in [7, 11) is 2.28. The topological polar surface area (TPSA) is 52.6 Å². The maximum atomic E-state index is 13.6. The first-order chi connectivity index (χ1) is 10.5. The fourth-order valence-corrected chi connectivity index (χ4v) is 1.94. The fraction of sp³-hybridized carbons (Fsp3) is 0.125. The van der Waals surface area contributed by atoms with E-state index in [1.54, 1.807) is 0 Å². The summed E-state index contributed by atoms with van der Waals surface area (Å²) in [6.07, 6.45) is 0. The number of hydrogen-bond acceptors (Lipinski definition) is 4. The van der Waals surface area contributed by atoms with Crippen LogP contribution in [0.2, 0.25) is 0 Å². The molecule has 22 heavy (non-hydrogen) atoms. The van der Waals surface area contributed by atoms with E-state index in [9.17, 15) is 18.4 Å². The van der Waals surface area contributed by atoms with Crippen molar-refractivity contribution in [2.24, 2.45) is 0 Å². The highest BCUT2D eigenvalue weighted by atomic mass is 19.1. The zero-order valence-electron chi connectivity index (χ0n) is 11.9. The van der Waals surface area contributed by atoms with Crippen LogP contribution in [-0.4, -0.2) is 26.2 Å². The van der Waals surface area contributed by atoms with Gasteiger partial charge in [-0.15, -0.1) is 0 Å². The lowest BCUT2D eigenvalue weighted by Gasteiger charge is -2.08. The van der Waals surface area contributed by atoms with E-state index in [4.69, 9.17) is 0 Å². The predicted molar refractivity (Wildman–Crippen MR) is 74.5 cm³/mol. The van der Waals surface area contributed by atoms with E-state index in [0.717, 1.165) is 26.4 Å². The van der Waals surface area contributed by atoms with E-state index < -0.39 is 23.6 Å². The minimum absolute atomic E-state index is 0.246. The van der Waals surface area contributed by atoms with Gasteiger partial charge in [0.15, 0.2) is 0 Å². The summed E-state index contributed by atoms with van der Waals surface area (Å²) in [5, 5.41) is 0. The SMILES string of the molecule is COC(=O)c1cc(-c2ccc(F)c(C(=O)OC)c2)ccc1F. The summed E-state index contributed by atoms with van der Waals surface area (Å²) in [5.41, 5.74) is 0.381. The maximum absolute atomic E-state index is 13.6. The molecule has 0 saturated carbocycles. The Bertz CT molecular complexity index is 677. The molecule has 0 aliphatic carbocycles. The van der Waals surface area contributed by atoms with Crippen molar-refractivity contribution in [3.8, 4) is 11.1 Å². The molecular weight excluding hydrogens is 294 g/mol. The molecule has 0 atom stereocenters. The van der Waals surface area contributed by atoms with Gasteiger partial charge in [0.1, 0.15) is 11.6 Å². The van der Waals surface area contributed by atoms with Gasteiger partial charge < -0.3 is 9.47 Å². The monoisotopic (exact) mass is 306 g/mol. The van der Waals surface area contributed by atoms with E-state index in [1.807, 2.05) is 0 Å². The van der Waals surface area contributed by atoms with Crippen LogP contribution < -0.4 is 0 Å². The molecule has 0 spiro atoms. The summed E-state index contributed by atoms with van der Waals surface area (Å²) in [6, 6.07) is 7.57. The second kappa shape index (κ2) is 6.34. The minimum atomic E-state index is -0.824. The molecule has 2 rings (SSSR count). The molecule has 0 heterocycles. The molecule has 0 aliphatic heterocycles. The number of methoxy groups -OCH3 is 2. The number of carbonyl (C=O) groups is 2. The summed E-state index contributed by atoms with van der Waals surface area (Å²) >= 11 is 0. The molecule has 0 aromatic heterocycles. The minimum Gasteiger partial charge on any atom is -0.465 e. The molecule has 0 unspecified atom stereocenters. The standard InChI is InChI=1S/C16H12F2O4/c1-21-15(19)11-7-9(3-5-13(11)17)10-4-6-14(18)12(8-10)16(20)22-2/h3-8H,1-2H3. The summed E-state index contributed by atoms with van der Waals surface area (Å²) in [4.78, 5) is 23.0. The number of benzene rings is 2. The number of rotatable bonds is 3. The smallest absolute Gasteiger partial charge is 0.340 e. The molecule has 6 heteroatoms. The van der Waals surface area contributed by atoms with Crippen LogP contribution in [0.25, 0.3) is 11.1 Å². The Balaban J connectivity index is 2.53. The molecule has 0 fully saturated rings. The Labute approximate surface area is 125 Å². The van der Waals surface area contributed by atoms with Crippen LogP contribution >= 0.6 is 0 Å². The molecule has 114 valence electrons. The second-order valence-corrected chi connectivity index (χ2v) is 4.37. The van der Waals surface area contributed by atoms with Gasteiger partial charge in [-0.1, -0.05) is 12.1 Å². The van der Waals surface area contributed by atoms with E-state index >= 15 is 0 Å². The highest BCUT2D eigenvalue weighted by Gasteiger charge is 2.16. The van der Waals surface area contributed by atoms with Crippen LogP contribution in [0.4, 0.5) is 8.78 Å². The van der Waals surface area contributed by atoms with Crippen LogP contribution in [0.15, 0.2) is 36.4 Å². The third-order valence-electron chi connectivity index (χ3n) is 3.08. The van der Waals surface area contributed by atoms with Crippen molar-refractivity contribution in [2.75, 3.05) is 14.2 Å². The quantitative estimate of drug-likeness (QED) is 0.817. The molecule has 0 saturated heterocycles. The van der Waals surface area contributed by atoms with E-state index in [1.165, 1.54) is 24.3 Å². The highest BCUT2D eigenvalue weighted by Crippen LogP contribution is 2.25. The van der Waals surface area contributed by atoms with Crippen molar-refractivity contribution in [3.63, 3.8) is 0 Å². The van der Waals surface area contributed by atoms with Crippen LogP contribution in [0.5, 0.6) is 0 Å². The number of hydrogen-bond donors (Lipinski definition) is 0. The Morgan fingerprint density at radius 1 is 0.773 bits per heavy atom. The molecule has 4 nitrogen and oxygen atoms in total. The third-order valence-corrected chi connectivity index (χ3v) is 3.08. The van der Waals surface area contributed by atoms with Gasteiger partial charge in [-0.05, 0) is 35.4 Å². The van der Waals surface area contributed by atoms with Crippen molar-refractivity contribution in [1.82, 2.24) is 0 Å². The largest absolute Gasteiger partial charge is 0.465 e.